The van der Waals surface area contributed by atoms with Gasteiger partial charge in [-0.15, -0.1) is 0 Å². The molecule has 7 nitrogen and oxygen atoms in total. The third-order valence-corrected chi connectivity index (χ3v) is 4.08. The minimum Gasteiger partial charge on any atom is -0.396 e. The molecule has 0 bridgehead atoms. The topological polar surface area (TPSA) is 87.9 Å². The van der Waals surface area contributed by atoms with Crippen molar-refractivity contribution in [2.24, 2.45) is 0 Å². The van der Waals surface area contributed by atoms with E-state index in [9.17, 15) is 0 Å². The highest BCUT2D eigenvalue weighted by atomic mass is 16.3. The van der Waals surface area contributed by atoms with Gasteiger partial charge in [-0.3, -0.25) is 0 Å². The fraction of sp³-hybridized carbons (Fsp3) is 0.150. The maximum atomic E-state index is 9.02. The first-order valence-electron chi connectivity index (χ1n) is 8.83. The van der Waals surface area contributed by atoms with E-state index >= 15 is 0 Å². The number of nitrogens with one attached hydrogen (secondary N) is 2. The molecule has 0 aliphatic carbocycles. The normalized spacial score (nSPS) is 10.9. The van der Waals surface area contributed by atoms with Crippen LogP contribution in [0, 0.1) is 0 Å². The van der Waals surface area contributed by atoms with Gasteiger partial charge in [-0.25, -0.2) is 4.68 Å². The Balaban J connectivity index is 1.79. The van der Waals surface area contributed by atoms with Gasteiger partial charge in [-0.1, -0.05) is 36.4 Å². The van der Waals surface area contributed by atoms with Gasteiger partial charge >= 0.3 is 0 Å². The van der Waals surface area contributed by atoms with E-state index in [1.807, 2.05) is 60.7 Å². The number of rotatable bonds is 7. The summed E-state index contributed by atoms with van der Waals surface area (Å²) in [7, 11) is 0. The first-order valence-corrected chi connectivity index (χ1v) is 8.83. The van der Waals surface area contributed by atoms with Crippen LogP contribution < -0.4 is 10.6 Å². The Morgan fingerprint density at radius 2 is 1.67 bits per heavy atom. The molecule has 7 heteroatoms. The Kier molecular flexibility index (Phi) is 4.93. The summed E-state index contributed by atoms with van der Waals surface area (Å²) in [4.78, 5) is 9.25. The summed E-state index contributed by atoms with van der Waals surface area (Å²) >= 11 is 0. The van der Waals surface area contributed by atoms with E-state index in [1.54, 1.807) is 10.9 Å². The quantitative estimate of drug-likeness (QED) is 0.438. The molecule has 0 aliphatic rings. The maximum absolute atomic E-state index is 9.02. The van der Waals surface area contributed by atoms with Crippen LogP contribution in [0.1, 0.15) is 6.42 Å². The number of aliphatic hydroxyl groups is 1. The molecular formula is C20H20N6O. The number of benzene rings is 2. The van der Waals surface area contributed by atoms with Crippen LogP contribution in [0.4, 0.5) is 17.5 Å². The van der Waals surface area contributed by atoms with Gasteiger partial charge in [-0.05, 0) is 30.7 Å². The minimum atomic E-state index is 0.117. The van der Waals surface area contributed by atoms with E-state index in [0.29, 0.717) is 30.4 Å². The highest BCUT2D eigenvalue weighted by Gasteiger charge is 2.14. The van der Waals surface area contributed by atoms with Gasteiger partial charge in [0.2, 0.25) is 5.95 Å². The summed E-state index contributed by atoms with van der Waals surface area (Å²) in [6, 6.07) is 19.7. The predicted molar refractivity (Wildman–Crippen MR) is 107 cm³/mol. The Morgan fingerprint density at radius 1 is 0.926 bits per heavy atom. The van der Waals surface area contributed by atoms with Gasteiger partial charge in [0.05, 0.1) is 17.3 Å². The fourth-order valence-electron chi connectivity index (χ4n) is 2.78. The highest BCUT2D eigenvalue weighted by molar-refractivity contribution is 5.90. The van der Waals surface area contributed by atoms with Gasteiger partial charge in [0.15, 0.2) is 5.65 Å². The van der Waals surface area contributed by atoms with Crippen LogP contribution in [0.5, 0.6) is 0 Å². The summed E-state index contributed by atoms with van der Waals surface area (Å²) in [6.07, 6.45) is 2.39. The Labute approximate surface area is 156 Å². The summed E-state index contributed by atoms with van der Waals surface area (Å²) < 4.78 is 1.80. The van der Waals surface area contributed by atoms with Crippen molar-refractivity contribution >= 4 is 28.5 Å². The van der Waals surface area contributed by atoms with Gasteiger partial charge in [0, 0.05) is 18.8 Å². The lowest BCUT2D eigenvalue weighted by molar-refractivity contribution is 0.292. The minimum absolute atomic E-state index is 0.117. The first-order chi connectivity index (χ1) is 13.3. The fourth-order valence-corrected chi connectivity index (χ4v) is 2.78. The number of anilines is 3. The zero-order valence-electron chi connectivity index (χ0n) is 14.7. The summed E-state index contributed by atoms with van der Waals surface area (Å²) in [5.74, 6) is 1.17. The molecule has 0 aliphatic heterocycles. The number of nitrogens with zero attached hydrogens (tertiary/aromatic N) is 4. The highest BCUT2D eigenvalue weighted by Crippen LogP contribution is 2.26. The molecule has 0 radical (unpaired) electrons. The monoisotopic (exact) mass is 360 g/mol. The van der Waals surface area contributed by atoms with Crippen molar-refractivity contribution in [1.29, 1.82) is 0 Å². The van der Waals surface area contributed by atoms with Crippen molar-refractivity contribution in [2.45, 2.75) is 6.42 Å². The number of aromatic nitrogens is 4. The standard InChI is InChI=1S/C20H20N6O/c27-13-7-12-21-20-24-18(23-15-8-3-1-4-9-15)17-14-22-26(19(17)25-20)16-10-5-2-6-11-16/h1-6,8-11,14,27H,7,12-13H2,(H2,21,23,24,25). The average Bonchev–Trinajstić information content (AvgIpc) is 3.14. The first kappa shape index (κ1) is 17.0. The van der Waals surface area contributed by atoms with Gasteiger partial charge < -0.3 is 15.7 Å². The molecular weight excluding hydrogens is 340 g/mol. The third kappa shape index (κ3) is 3.73. The SMILES string of the molecule is OCCCNc1nc(Nc2ccccc2)c2cnn(-c3ccccc3)c2n1. The molecule has 4 aromatic rings. The van der Waals surface area contributed by atoms with E-state index < -0.39 is 0 Å². The van der Waals surface area contributed by atoms with Crippen molar-refractivity contribution in [1.82, 2.24) is 19.7 Å². The second kappa shape index (κ2) is 7.84. The number of para-hydroxylation sites is 2. The van der Waals surface area contributed by atoms with Crippen LogP contribution >= 0.6 is 0 Å². The molecule has 0 unspecified atom stereocenters. The van der Waals surface area contributed by atoms with Gasteiger partial charge in [0.1, 0.15) is 5.82 Å². The smallest absolute Gasteiger partial charge is 0.226 e. The lowest BCUT2D eigenvalue weighted by Crippen LogP contribution is -2.09. The average molecular weight is 360 g/mol. The molecule has 2 aromatic heterocycles. The zero-order valence-corrected chi connectivity index (χ0v) is 14.7. The van der Waals surface area contributed by atoms with Gasteiger partial charge in [-0.2, -0.15) is 15.1 Å². The molecule has 3 N–H and O–H groups in total. The van der Waals surface area contributed by atoms with Crippen LogP contribution in [0.25, 0.3) is 16.7 Å². The Bertz CT molecular complexity index is 1020. The van der Waals surface area contributed by atoms with E-state index in [0.717, 1.165) is 16.8 Å². The molecule has 0 saturated carbocycles. The molecule has 0 fully saturated rings. The van der Waals surface area contributed by atoms with Crippen molar-refractivity contribution in [3.05, 3.63) is 66.9 Å². The lowest BCUT2D eigenvalue weighted by atomic mass is 10.3. The molecule has 0 saturated heterocycles. The van der Waals surface area contributed by atoms with Crippen molar-refractivity contribution in [3.8, 4) is 5.69 Å². The Morgan fingerprint density at radius 3 is 2.41 bits per heavy atom. The molecule has 0 atom stereocenters. The molecule has 4 rings (SSSR count). The van der Waals surface area contributed by atoms with Crippen LogP contribution in [0.15, 0.2) is 66.9 Å². The summed E-state index contributed by atoms with van der Waals surface area (Å²) in [5, 5.41) is 20.9. The maximum Gasteiger partial charge on any atom is 0.226 e. The van der Waals surface area contributed by atoms with Crippen LogP contribution in [-0.4, -0.2) is 38.0 Å². The third-order valence-electron chi connectivity index (χ3n) is 4.08. The second-order valence-electron chi connectivity index (χ2n) is 6.02. The van der Waals surface area contributed by atoms with Crippen LogP contribution in [0.2, 0.25) is 0 Å². The number of hydrogen-bond donors (Lipinski definition) is 3. The summed E-state index contributed by atoms with van der Waals surface area (Å²) in [6.45, 7) is 0.707. The molecule has 2 aromatic carbocycles. The van der Waals surface area contributed by atoms with Crippen LogP contribution in [0.3, 0.4) is 0 Å². The van der Waals surface area contributed by atoms with E-state index in [1.165, 1.54) is 0 Å². The molecule has 0 spiro atoms. The molecule has 0 amide bonds. The van der Waals surface area contributed by atoms with Crippen LogP contribution in [-0.2, 0) is 0 Å². The zero-order chi connectivity index (χ0) is 18.5. The number of hydrogen-bond acceptors (Lipinski definition) is 6. The van der Waals surface area contributed by atoms with Crippen molar-refractivity contribution in [3.63, 3.8) is 0 Å². The largest absolute Gasteiger partial charge is 0.396 e. The lowest BCUT2D eigenvalue weighted by Gasteiger charge is -2.11. The predicted octanol–water partition coefficient (Wildman–Crippen LogP) is 3.35. The Hall–Kier alpha value is -3.45. The van der Waals surface area contributed by atoms with E-state index in [-0.39, 0.29) is 6.61 Å². The van der Waals surface area contributed by atoms with E-state index in [4.69, 9.17) is 5.11 Å². The van der Waals surface area contributed by atoms with Crippen molar-refractivity contribution in [2.75, 3.05) is 23.8 Å². The van der Waals surface area contributed by atoms with E-state index in [2.05, 4.69) is 25.7 Å². The number of fused-ring (bicyclic) bond motifs is 1. The number of aliphatic hydroxyl groups excluding tert-OH is 1. The van der Waals surface area contributed by atoms with Gasteiger partial charge in [0.25, 0.3) is 0 Å². The molecule has 136 valence electrons. The molecule has 2 heterocycles. The second-order valence-corrected chi connectivity index (χ2v) is 6.02. The van der Waals surface area contributed by atoms with Crippen molar-refractivity contribution < 1.29 is 5.11 Å². The molecule has 27 heavy (non-hydrogen) atoms. The summed E-state index contributed by atoms with van der Waals surface area (Å²) in [5.41, 5.74) is 2.57.